The number of hydrogen-bond acceptors (Lipinski definition) is 4. The predicted octanol–water partition coefficient (Wildman–Crippen LogP) is 1.62. The van der Waals surface area contributed by atoms with E-state index in [-0.39, 0.29) is 18.2 Å². The average Bonchev–Trinajstić information content (AvgIpc) is 2.96. The van der Waals surface area contributed by atoms with Crippen molar-refractivity contribution in [1.29, 1.82) is 0 Å². The summed E-state index contributed by atoms with van der Waals surface area (Å²) in [5.41, 5.74) is 0. The van der Waals surface area contributed by atoms with E-state index in [1.807, 2.05) is 23.1 Å². The molecule has 2 aliphatic rings. The highest BCUT2D eigenvalue weighted by molar-refractivity contribution is 5.74. The summed E-state index contributed by atoms with van der Waals surface area (Å²) in [6, 6.07) is 5.89. The predicted molar refractivity (Wildman–Crippen MR) is 81.8 cm³/mol. The number of nitrogens with zero attached hydrogens (tertiary/aromatic N) is 3. The molecule has 0 aromatic carbocycles. The Labute approximate surface area is 131 Å². The first-order valence-electron chi connectivity index (χ1n) is 7.78. The van der Waals surface area contributed by atoms with Crippen molar-refractivity contribution in [3.63, 3.8) is 0 Å². The molecule has 1 saturated heterocycles. The third-order valence-corrected chi connectivity index (χ3v) is 4.37. The smallest absolute Gasteiger partial charge is 0.319 e. The minimum Gasteiger partial charge on any atom is -0.477 e. The number of morpholine rings is 1. The summed E-state index contributed by atoms with van der Waals surface area (Å²) in [4.78, 5) is 20.0. The molecule has 2 amide bonds. The molecule has 22 heavy (non-hydrogen) atoms. The van der Waals surface area contributed by atoms with Crippen LogP contribution in [-0.4, -0.2) is 66.8 Å². The van der Waals surface area contributed by atoms with Gasteiger partial charge in [-0.3, -0.25) is 0 Å². The van der Waals surface area contributed by atoms with Gasteiger partial charge in [-0.25, -0.2) is 9.78 Å². The lowest BCUT2D eigenvalue weighted by Gasteiger charge is -2.38. The number of urea groups is 1. The summed E-state index contributed by atoms with van der Waals surface area (Å²) in [6.45, 7) is 1.91. The molecular formula is C16H23N3O3. The summed E-state index contributed by atoms with van der Waals surface area (Å²) >= 11 is 0. The molecule has 6 heteroatoms. The standard InChI is InChI=1S/C16H23N3O3/c1-18(2)16(20)19-7-8-21-14-10-12(9-13(14)19)11-22-15-5-3-4-6-17-15/h3-6,12-14H,7-11H2,1-2H3/t12-,13+,14+/m0/s1. The number of carbonyl (C=O) groups excluding carboxylic acids is 1. The maximum Gasteiger partial charge on any atom is 0.319 e. The molecule has 3 rings (SSSR count). The van der Waals surface area contributed by atoms with Gasteiger partial charge in [0.05, 0.1) is 25.4 Å². The van der Waals surface area contributed by atoms with E-state index in [0.717, 1.165) is 12.8 Å². The van der Waals surface area contributed by atoms with Gasteiger partial charge in [-0.2, -0.15) is 0 Å². The number of rotatable bonds is 3. The Morgan fingerprint density at radius 3 is 3.05 bits per heavy atom. The van der Waals surface area contributed by atoms with E-state index in [1.54, 1.807) is 25.2 Å². The molecule has 1 aliphatic carbocycles. The third kappa shape index (κ3) is 3.16. The molecule has 2 fully saturated rings. The second kappa shape index (κ2) is 6.52. The maximum absolute atomic E-state index is 12.3. The highest BCUT2D eigenvalue weighted by Gasteiger charge is 2.43. The number of hydrogen-bond donors (Lipinski definition) is 0. The van der Waals surface area contributed by atoms with Crippen molar-refractivity contribution >= 4 is 6.03 Å². The zero-order valence-corrected chi connectivity index (χ0v) is 13.1. The number of pyridine rings is 1. The molecular weight excluding hydrogens is 282 g/mol. The fourth-order valence-electron chi connectivity index (χ4n) is 3.32. The topological polar surface area (TPSA) is 54.9 Å². The zero-order valence-electron chi connectivity index (χ0n) is 13.1. The van der Waals surface area contributed by atoms with E-state index in [9.17, 15) is 4.79 Å². The molecule has 0 unspecified atom stereocenters. The highest BCUT2D eigenvalue weighted by atomic mass is 16.5. The van der Waals surface area contributed by atoms with Crippen LogP contribution < -0.4 is 4.74 Å². The zero-order chi connectivity index (χ0) is 15.5. The van der Waals surface area contributed by atoms with Crippen LogP contribution in [0.4, 0.5) is 4.79 Å². The Morgan fingerprint density at radius 1 is 1.45 bits per heavy atom. The van der Waals surface area contributed by atoms with Crippen molar-refractivity contribution in [2.24, 2.45) is 5.92 Å². The number of amides is 2. The minimum absolute atomic E-state index is 0.0737. The molecule has 0 bridgehead atoms. The average molecular weight is 305 g/mol. The van der Waals surface area contributed by atoms with Gasteiger partial charge in [0, 0.05) is 32.9 Å². The molecule has 120 valence electrons. The Bertz CT molecular complexity index is 509. The SMILES string of the molecule is CN(C)C(=O)N1CCO[C@@H]2C[C@@H](COc3ccccn3)C[C@H]21. The number of aromatic nitrogens is 1. The summed E-state index contributed by atoms with van der Waals surface area (Å²) in [5, 5.41) is 0. The van der Waals surface area contributed by atoms with Gasteiger partial charge in [0.25, 0.3) is 0 Å². The fraction of sp³-hybridized carbons (Fsp3) is 0.625. The van der Waals surface area contributed by atoms with Crippen molar-refractivity contribution in [3.8, 4) is 5.88 Å². The van der Waals surface area contributed by atoms with Gasteiger partial charge in [0.15, 0.2) is 0 Å². The molecule has 1 saturated carbocycles. The van der Waals surface area contributed by atoms with Gasteiger partial charge < -0.3 is 19.3 Å². The van der Waals surface area contributed by atoms with Gasteiger partial charge >= 0.3 is 6.03 Å². The van der Waals surface area contributed by atoms with Crippen molar-refractivity contribution in [1.82, 2.24) is 14.8 Å². The van der Waals surface area contributed by atoms with E-state index in [2.05, 4.69) is 4.98 Å². The third-order valence-electron chi connectivity index (χ3n) is 4.37. The minimum atomic E-state index is 0.0737. The van der Waals surface area contributed by atoms with E-state index < -0.39 is 0 Å². The van der Waals surface area contributed by atoms with Crippen LogP contribution in [0.2, 0.25) is 0 Å². The Morgan fingerprint density at radius 2 is 2.32 bits per heavy atom. The van der Waals surface area contributed by atoms with Crippen LogP contribution in [0.5, 0.6) is 5.88 Å². The van der Waals surface area contributed by atoms with Crippen molar-refractivity contribution in [2.75, 3.05) is 33.9 Å². The van der Waals surface area contributed by atoms with E-state index in [0.29, 0.717) is 31.6 Å². The molecule has 2 heterocycles. The van der Waals surface area contributed by atoms with Crippen LogP contribution in [0.3, 0.4) is 0 Å². The molecule has 1 aromatic rings. The van der Waals surface area contributed by atoms with Crippen molar-refractivity contribution in [2.45, 2.75) is 25.0 Å². The molecule has 0 N–H and O–H groups in total. The molecule has 1 aromatic heterocycles. The van der Waals surface area contributed by atoms with Gasteiger partial charge in [-0.05, 0) is 24.8 Å². The van der Waals surface area contributed by atoms with Gasteiger partial charge in [-0.15, -0.1) is 0 Å². The quantitative estimate of drug-likeness (QED) is 0.851. The van der Waals surface area contributed by atoms with Gasteiger partial charge in [0.2, 0.25) is 5.88 Å². The van der Waals surface area contributed by atoms with Crippen LogP contribution >= 0.6 is 0 Å². The second-order valence-electron chi connectivity index (χ2n) is 6.16. The van der Waals surface area contributed by atoms with Crippen molar-refractivity contribution in [3.05, 3.63) is 24.4 Å². The second-order valence-corrected chi connectivity index (χ2v) is 6.16. The van der Waals surface area contributed by atoms with Crippen LogP contribution in [0, 0.1) is 5.92 Å². The van der Waals surface area contributed by atoms with Crippen LogP contribution in [-0.2, 0) is 4.74 Å². The Hall–Kier alpha value is -1.82. The lowest BCUT2D eigenvalue weighted by molar-refractivity contribution is -0.0421. The Balaban J connectivity index is 1.58. The number of carbonyl (C=O) groups is 1. The largest absolute Gasteiger partial charge is 0.477 e. The monoisotopic (exact) mass is 305 g/mol. The molecule has 0 radical (unpaired) electrons. The fourth-order valence-corrected chi connectivity index (χ4v) is 3.32. The molecule has 3 atom stereocenters. The highest BCUT2D eigenvalue weighted by Crippen LogP contribution is 2.34. The summed E-state index contributed by atoms with van der Waals surface area (Å²) in [6.07, 6.45) is 3.73. The van der Waals surface area contributed by atoms with E-state index >= 15 is 0 Å². The normalized spacial score (nSPS) is 27.4. The summed E-state index contributed by atoms with van der Waals surface area (Å²) in [7, 11) is 3.59. The summed E-state index contributed by atoms with van der Waals surface area (Å²) in [5.74, 6) is 1.05. The lowest BCUT2D eigenvalue weighted by atomic mass is 10.1. The van der Waals surface area contributed by atoms with Gasteiger partial charge in [-0.1, -0.05) is 6.07 Å². The summed E-state index contributed by atoms with van der Waals surface area (Å²) < 4.78 is 11.6. The first-order chi connectivity index (χ1) is 10.6. The van der Waals surface area contributed by atoms with Gasteiger partial charge in [0.1, 0.15) is 0 Å². The molecule has 1 aliphatic heterocycles. The first kappa shape index (κ1) is 15.1. The number of fused-ring (bicyclic) bond motifs is 1. The van der Waals surface area contributed by atoms with E-state index in [4.69, 9.17) is 9.47 Å². The number of ether oxygens (including phenoxy) is 2. The maximum atomic E-state index is 12.3. The Kier molecular flexibility index (Phi) is 4.47. The lowest BCUT2D eigenvalue weighted by Crippen LogP contribution is -2.54. The van der Waals surface area contributed by atoms with Crippen LogP contribution in [0.15, 0.2) is 24.4 Å². The van der Waals surface area contributed by atoms with E-state index in [1.165, 1.54) is 0 Å². The molecule has 6 nitrogen and oxygen atoms in total. The van der Waals surface area contributed by atoms with Crippen LogP contribution in [0.25, 0.3) is 0 Å². The first-order valence-corrected chi connectivity index (χ1v) is 7.78. The van der Waals surface area contributed by atoms with Crippen LogP contribution in [0.1, 0.15) is 12.8 Å². The molecule has 0 spiro atoms. The van der Waals surface area contributed by atoms with Crippen molar-refractivity contribution < 1.29 is 14.3 Å².